The number of nitrogens with one attached hydrogen (secondary N) is 1. The molecule has 0 unspecified atom stereocenters. The molecule has 0 aromatic heterocycles. The number of nitrogens with zero attached hydrogens (tertiary/aromatic N) is 2. The van der Waals surface area contributed by atoms with Gasteiger partial charge in [0.05, 0.1) is 4.90 Å². The van der Waals surface area contributed by atoms with Gasteiger partial charge >= 0.3 is 0 Å². The summed E-state index contributed by atoms with van der Waals surface area (Å²) in [6.07, 6.45) is 0. The lowest BCUT2D eigenvalue weighted by Crippen LogP contribution is -2.48. The van der Waals surface area contributed by atoms with Crippen LogP contribution in [0.4, 0.5) is 5.69 Å². The van der Waals surface area contributed by atoms with E-state index in [1.165, 1.54) is 5.56 Å². The number of aryl methyl sites for hydroxylation is 3. The van der Waals surface area contributed by atoms with Crippen LogP contribution in [-0.4, -0.2) is 49.7 Å². The van der Waals surface area contributed by atoms with Gasteiger partial charge in [-0.05, 0) is 61.7 Å². The highest BCUT2D eigenvalue weighted by molar-refractivity contribution is 7.89. The van der Waals surface area contributed by atoms with Crippen molar-refractivity contribution in [2.45, 2.75) is 32.2 Å². The topological polar surface area (TPSA) is 69.7 Å². The zero-order valence-electron chi connectivity index (χ0n) is 19.9. The molecule has 0 atom stereocenters. The minimum Gasteiger partial charge on any atom is -0.322 e. The number of carbonyl (C=O) groups is 1. The first kappa shape index (κ1) is 24.1. The van der Waals surface area contributed by atoms with Crippen LogP contribution in [0.3, 0.4) is 0 Å². The molecule has 1 aliphatic heterocycles. The van der Waals surface area contributed by atoms with Gasteiger partial charge in [0.2, 0.25) is 10.0 Å². The van der Waals surface area contributed by atoms with E-state index in [4.69, 9.17) is 0 Å². The average Bonchev–Trinajstić information content (AvgIpc) is 2.82. The Bertz CT molecular complexity index is 1260. The summed E-state index contributed by atoms with van der Waals surface area (Å²) in [7, 11) is -3.46. The monoisotopic (exact) mass is 477 g/mol. The molecule has 0 bridgehead atoms. The smallest absolute Gasteiger partial charge is 0.255 e. The fraction of sp³-hybridized carbons (Fsp3) is 0.296. The SMILES string of the molecule is Cc1cc(C)c(NC(=O)c2cccc(CN3CCN(S(=O)(=O)c4ccccc4)CC3)c2)c(C)c1. The normalized spacial score (nSPS) is 15.3. The number of anilines is 1. The fourth-order valence-corrected chi connectivity index (χ4v) is 5.94. The summed E-state index contributed by atoms with van der Waals surface area (Å²) in [5.41, 5.74) is 5.77. The van der Waals surface area contributed by atoms with Gasteiger partial charge in [0, 0.05) is 44.0 Å². The Morgan fingerprint density at radius 1 is 0.853 bits per heavy atom. The van der Waals surface area contributed by atoms with Crippen molar-refractivity contribution in [3.8, 4) is 0 Å². The van der Waals surface area contributed by atoms with Crippen molar-refractivity contribution in [2.75, 3.05) is 31.5 Å². The Morgan fingerprint density at radius 3 is 2.15 bits per heavy atom. The Kier molecular flexibility index (Phi) is 7.16. The Morgan fingerprint density at radius 2 is 1.50 bits per heavy atom. The molecule has 3 aromatic carbocycles. The van der Waals surface area contributed by atoms with Crippen LogP contribution in [0.5, 0.6) is 0 Å². The van der Waals surface area contributed by atoms with Crippen molar-refractivity contribution >= 4 is 21.6 Å². The second kappa shape index (κ2) is 10.1. The summed E-state index contributed by atoms with van der Waals surface area (Å²) in [6, 6.07) is 20.4. The van der Waals surface area contributed by atoms with Crippen molar-refractivity contribution in [3.63, 3.8) is 0 Å². The Hall–Kier alpha value is -3.00. The number of hydrogen-bond acceptors (Lipinski definition) is 4. The molecule has 3 aromatic rings. The van der Waals surface area contributed by atoms with Crippen molar-refractivity contribution < 1.29 is 13.2 Å². The highest BCUT2D eigenvalue weighted by atomic mass is 32.2. The van der Waals surface area contributed by atoms with Gasteiger partial charge in [-0.25, -0.2) is 8.42 Å². The molecule has 34 heavy (non-hydrogen) atoms. The van der Waals surface area contributed by atoms with Crippen molar-refractivity contribution in [3.05, 3.63) is 94.5 Å². The molecule has 1 fully saturated rings. The van der Waals surface area contributed by atoms with Gasteiger partial charge in [-0.2, -0.15) is 4.31 Å². The zero-order valence-corrected chi connectivity index (χ0v) is 20.7. The number of sulfonamides is 1. The van der Waals surface area contributed by atoms with Gasteiger partial charge in [0.25, 0.3) is 5.91 Å². The molecule has 0 radical (unpaired) electrons. The van der Waals surface area contributed by atoms with Gasteiger partial charge in [-0.15, -0.1) is 0 Å². The van der Waals surface area contributed by atoms with Gasteiger partial charge in [0.15, 0.2) is 0 Å². The molecule has 1 aliphatic rings. The minimum atomic E-state index is -3.46. The molecule has 0 aliphatic carbocycles. The van der Waals surface area contributed by atoms with Gasteiger partial charge < -0.3 is 5.32 Å². The summed E-state index contributed by atoms with van der Waals surface area (Å²) in [4.78, 5) is 15.5. The van der Waals surface area contributed by atoms with Crippen LogP contribution < -0.4 is 5.32 Å². The van der Waals surface area contributed by atoms with Crippen LogP contribution in [0, 0.1) is 20.8 Å². The van der Waals surface area contributed by atoms with E-state index in [0.29, 0.717) is 43.2 Å². The quantitative estimate of drug-likeness (QED) is 0.572. The van der Waals surface area contributed by atoms with Crippen LogP contribution in [0.2, 0.25) is 0 Å². The molecule has 0 saturated carbocycles. The summed E-state index contributed by atoms with van der Waals surface area (Å²) < 4.78 is 27.3. The number of piperazine rings is 1. The van der Waals surface area contributed by atoms with E-state index in [9.17, 15) is 13.2 Å². The van der Waals surface area contributed by atoms with E-state index >= 15 is 0 Å². The molecule has 6 nitrogen and oxygen atoms in total. The lowest BCUT2D eigenvalue weighted by atomic mass is 10.0. The lowest BCUT2D eigenvalue weighted by Gasteiger charge is -2.34. The first-order chi connectivity index (χ1) is 16.2. The molecule has 4 rings (SSSR count). The van der Waals surface area contributed by atoms with Crippen LogP contribution in [0.15, 0.2) is 71.6 Å². The molecule has 1 N–H and O–H groups in total. The second-order valence-corrected chi connectivity index (χ2v) is 10.9. The van der Waals surface area contributed by atoms with Gasteiger partial charge in [-0.1, -0.05) is 48.0 Å². The van der Waals surface area contributed by atoms with Gasteiger partial charge in [0.1, 0.15) is 0 Å². The minimum absolute atomic E-state index is 0.129. The molecular weight excluding hydrogens is 446 g/mol. The molecule has 7 heteroatoms. The molecule has 1 amide bonds. The predicted octanol–water partition coefficient (Wildman–Crippen LogP) is 4.37. The molecule has 0 spiro atoms. The molecule has 1 heterocycles. The summed E-state index contributed by atoms with van der Waals surface area (Å²) in [5, 5.41) is 3.06. The van der Waals surface area contributed by atoms with E-state index in [2.05, 4.69) is 22.3 Å². The maximum absolute atomic E-state index is 12.9. The van der Waals surface area contributed by atoms with Crippen LogP contribution in [0.25, 0.3) is 0 Å². The predicted molar refractivity (Wildman–Crippen MR) is 136 cm³/mol. The largest absolute Gasteiger partial charge is 0.322 e. The Balaban J connectivity index is 1.38. The molecular formula is C27H31N3O3S. The van der Waals surface area contributed by atoms with E-state index in [1.807, 2.05) is 51.1 Å². The number of benzene rings is 3. The Labute approximate surface area is 202 Å². The summed E-state index contributed by atoms with van der Waals surface area (Å²) in [6.45, 7) is 8.91. The van der Waals surface area contributed by atoms with Crippen molar-refractivity contribution in [1.29, 1.82) is 0 Å². The standard InChI is InChI=1S/C27H31N3O3S/c1-20-16-21(2)26(22(3)17-20)28-27(31)24-9-7-8-23(18-24)19-29-12-14-30(15-13-29)34(32,33)25-10-5-4-6-11-25/h4-11,16-18H,12-15,19H2,1-3H3,(H,28,31). The third-order valence-corrected chi connectivity index (χ3v) is 8.14. The first-order valence-electron chi connectivity index (χ1n) is 11.5. The summed E-state index contributed by atoms with van der Waals surface area (Å²) >= 11 is 0. The van der Waals surface area contributed by atoms with Gasteiger partial charge in [-0.3, -0.25) is 9.69 Å². The first-order valence-corrected chi connectivity index (χ1v) is 12.9. The maximum atomic E-state index is 12.9. The lowest BCUT2D eigenvalue weighted by molar-refractivity contribution is 0.102. The van der Waals surface area contributed by atoms with E-state index < -0.39 is 10.0 Å². The second-order valence-electron chi connectivity index (χ2n) is 8.92. The number of hydrogen-bond donors (Lipinski definition) is 1. The highest BCUT2D eigenvalue weighted by Gasteiger charge is 2.28. The summed E-state index contributed by atoms with van der Waals surface area (Å²) in [5.74, 6) is -0.129. The van der Waals surface area contributed by atoms with Crippen LogP contribution in [0.1, 0.15) is 32.6 Å². The fourth-order valence-electron chi connectivity index (χ4n) is 4.50. The van der Waals surface area contributed by atoms with E-state index in [0.717, 1.165) is 22.4 Å². The third-order valence-electron chi connectivity index (χ3n) is 6.22. The van der Waals surface area contributed by atoms with E-state index in [-0.39, 0.29) is 5.91 Å². The molecule has 1 saturated heterocycles. The number of carbonyl (C=O) groups excluding carboxylic acids is 1. The third kappa shape index (κ3) is 5.38. The zero-order chi connectivity index (χ0) is 24.3. The van der Waals surface area contributed by atoms with E-state index in [1.54, 1.807) is 28.6 Å². The van der Waals surface area contributed by atoms with Crippen LogP contribution >= 0.6 is 0 Å². The average molecular weight is 478 g/mol. The number of rotatable bonds is 6. The van der Waals surface area contributed by atoms with Crippen LogP contribution in [-0.2, 0) is 16.6 Å². The number of amides is 1. The molecule has 178 valence electrons. The van der Waals surface area contributed by atoms with Crippen molar-refractivity contribution in [1.82, 2.24) is 9.21 Å². The van der Waals surface area contributed by atoms with Crippen molar-refractivity contribution in [2.24, 2.45) is 0 Å². The maximum Gasteiger partial charge on any atom is 0.255 e. The highest BCUT2D eigenvalue weighted by Crippen LogP contribution is 2.23.